The van der Waals surface area contributed by atoms with Crippen molar-refractivity contribution in [2.45, 2.75) is 30.7 Å². The van der Waals surface area contributed by atoms with Crippen molar-refractivity contribution in [2.75, 3.05) is 17.8 Å². The molecule has 23 heavy (non-hydrogen) atoms. The molecule has 0 saturated heterocycles. The van der Waals surface area contributed by atoms with Crippen molar-refractivity contribution in [2.24, 2.45) is 0 Å². The molecule has 0 fully saturated rings. The van der Waals surface area contributed by atoms with Crippen LogP contribution in [0.4, 0.5) is 5.69 Å². The number of nitrogens with zero attached hydrogens (tertiary/aromatic N) is 1. The van der Waals surface area contributed by atoms with Gasteiger partial charge in [0.25, 0.3) is 0 Å². The molecule has 0 aromatic heterocycles. The molecule has 1 heterocycles. The molecule has 4 heteroatoms. The van der Waals surface area contributed by atoms with Crippen LogP contribution in [0.3, 0.4) is 0 Å². The monoisotopic (exact) mass is 327 g/mol. The summed E-state index contributed by atoms with van der Waals surface area (Å²) in [6, 6.07) is 16.4. The Morgan fingerprint density at radius 3 is 2.70 bits per heavy atom. The van der Waals surface area contributed by atoms with Crippen LogP contribution in [-0.2, 0) is 11.2 Å². The molecule has 2 aromatic rings. The first-order chi connectivity index (χ1) is 11.2. The molecule has 120 valence electrons. The molecular formula is C19H21NO2S. The van der Waals surface area contributed by atoms with Crippen molar-refractivity contribution in [1.29, 1.82) is 0 Å². The molecule has 0 saturated carbocycles. The lowest BCUT2D eigenvalue weighted by atomic mass is 10.1. The quantitative estimate of drug-likeness (QED) is 0.773. The molecule has 1 atom stereocenters. The van der Waals surface area contributed by atoms with E-state index in [1.54, 1.807) is 18.9 Å². The van der Waals surface area contributed by atoms with Crippen molar-refractivity contribution < 1.29 is 9.53 Å². The fourth-order valence-electron chi connectivity index (χ4n) is 2.99. The molecule has 0 N–H and O–H groups in total. The topological polar surface area (TPSA) is 29.5 Å². The first-order valence-electron chi connectivity index (χ1n) is 7.86. The van der Waals surface area contributed by atoms with Crippen molar-refractivity contribution in [1.82, 2.24) is 0 Å². The molecule has 2 aromatic carbocycles. The number of hydrogen-bond acceptors (Lipinski definition) is 3. The minimum atomic E-state index is 0.212. The number of benzene rings is 2. The van der Waals surface area contributed by atoms with Crippen molar-refractivity contribution in [3.63, 3.8) is 0 Å². The second kappa shape index (κ2) is 7.09. The van der Waals surface area contributed by atoms with Gasteiger partial charge >= 0.3 is 0 Å². The third-order valence-electron chi connectivity index (χ3n) is 4.12. The van der Waals surface area contributed by atoms with Gasteiger partial charge in [-0.25, -0.2) is 0 Å². The van der Waals surface area contributed by atoms with Crippen LogP contribution in [0.2, 0.25) is 0 Å². The lowest BCUT2D eigenvalue weighted by Gasteiger charge is -2.22. The molecule has 0 spiro atoms. The van der Waals surface area contributed by atoms with Gasteiger partial charge in [0.1, 0.15) is 5.75 Å². The number of fused-ring (bicyclic) bond motifs is 1. The first-order valence-corrected chi connectivity index (χ1v) is 8.84. The summed E-state index contributed by atoms with van der Waals surface area (Å²) in [4.78, 5) is 15.7. The summed E-state index contributed by atoms with van der Waals surface area (Å²) in [5, 5.41) is 0. The van der Waals surface area contributed by atoms with E-state index in [9.17, 15) is 4.79 Å². The van der Waals surface area contributed by atoms with Crippen LogP contribution in [0.5, 0.6) is 5.75 Å². The number of rotatable bonds is 5. The summed E-state index contributed by atoms with van der Waals surface area (Å²) in [7, 11) is 1.66. The average Bonchev–Trinajstić information content (AvgIpc) is 2.91. The van der Waals surface area contributed by atoms with E-state index < -0.39 is 0 Å². The summed E-state index contributed by atoms with van der Waals surface area (Å²) in [6.45, 7) is 2.12. The highest BCUT2D eigenvalue weighted by atomic mass is 32.2. The van der Waals surface area contributed by atoms with E-state index in [2.05, 4.69) is 13.0 Å². The Morgan fingerprint density at radius 1 is 1.22 bits per heavy atom. The maximum absolute atomic E-state index is 12.6. The fourth-order valence-corrected chi connectivity index (χ4v) is 3.84. The summed E-state index contributed by atoms with van der Waals surface area (Å²) < 4.78 is 5.15. The number of ether oxygens (including phenoxy) is 1. The third kappa shape index (κ3) is 3.53. The molecule has 0 radical (unpaired) electrons. The zero-order chi connectivity index (χ0) is 16.2. The Kier molecular flexibility index (Phi) is 4.91. The Labute approximate surface area is 141 Å². The highest BCUT2D eigenvalue weighted by molar-refractivity contribution is 7.99. The van der Waals surface area contributed by atoms with Gasteiger partial charge in [0.2, 0.25) is 5.91 Å². The Bertz CT molecular complexity index is 684. The second-order valence-electron chi connectivity index (χ2n) is 5.72. The Balaban J connectivity index is 1.57. The summed E-state index contributed by atoms with van der Waals surface area (Å²) in [5.74, 6) is 1.85. The van der Waals surface area contributed by atoms with Crippen LogP contribution in [0.1, 0.15) is 18.9 Å². The maximum atomic E-state index is 12.6. The van der Waals surface area contributed by atoms with Crippen LogP contribution >= 0.6 is 11.8 Å². The minimum Gasteiger partial charge on any atom is -0.497 e. The normalized spacial score (nSPS) is 16.3. The molecule has 3 nitrogen and oxygen atoms in total. The van der Waals surface area contributed by atoms with E-state index in [4.69, 9.17) is 4.74 Å². The lowest BCUT2D eigenvalue weighted by Crippen LogP contribution is -2.35. The standard InChI is InChI=1S/C19H21NO2S/c1-14-13-15-5-3-4-6-18(15)20(14)19(21)11-12-23-17-9-7-16(22-2)8-10-17/h3-10,14H,11-13H2,1-2H3. The number of thioether (sulfide) groups is 1. The van der Waals surface area contributed by atoms with Gasteiger partial charge in [-0.1, -0.05) is 18.2 Å². The van der Waals surface area contributed by atoms with Crippen LogP contribution in [0.15, 0.2) is 53.4 Å². The number of methoxy groups -OCH3 is 1. The molecule has 3 rings (SSSR count). The highest BCUT2D eigenvalue weighted by Crippen LogP contribution is 2.32. The first kappa shape index (κ1) is 15.9. The Morgan fingerprint density at radius 2 is 1.96 bits per heavy atom. The largest absolute Gasteiger partial charge is 0.497 e. The fraction of sp³-hybridized carbons (Fsp3) is 0.316. The number of carbonyl (C=O) groups excluding carboxylic acids is 1. The number of amides is 1. The van der Waals surface area contributed by atoms with Gasteiger partial charge in [-0.15, -0.1) is 11.8 Å². The smallest absolute Gasteiger partial charge is 0.228 e. The van der Waals surface area contributed by atoms with E-state index in [1.807, 2.05) is 47.4 Å². The average molecular weight is 327 g/mol. The summed E-state index contributed by atoms with van der Waals surface area (Å²) in [6.07, 6.45) is 1.50. The molecule has 1 amide bonds. The van der Waals surface area contributed by atoms with E-state index in [0.29, 0.717) is 6.42 Å². The van der Waals surface area contributed by atoms with E-state index >= 15 is 0 Å². The number of hydrogen-bond donors (Lipinski definition) is 0. The summed E-state index contributed by atoms with van der Waals surface area (Å²) in [5.41, 5.74) is 2.36. The highest BCUT2D eigenvalue weighted by Gasteiger charge is 2.29. The van der Waals surface area contributed by atoms with E-state index in [0.717, 1.165) is 28.5 Å². The zero-order valence-corrected chi connectivity index (χ0v) is 14.3. The van der Waals surface area contributed by atoms with Gasteiger partial charge in [0.05, 0.1) is 7.11 Å². The number of carbonyl (C=O) groups is 1. The Hall–Kier alpha value is -1.94. The third-order valence-corrected chi connectivity index (χ3v) is 5.13. The van der Waals surface area contributed by atoms with Crippen molar-refractivity contribution in [3.05, 3.63) is 54.1 Å². The summed E-state index contributed by atoms with van der Waals surface area (Å²) >= 11 is 1.71. The maximum Gasteiger partial charge on any atom is 0.228 e. The number of anilines is 1. The molecule has 1 aliphatic rings. The van der Waals surface area contributed by atoms with Crippen LogP contribution in [0, 0.1) is 0 Å². The van der Waals surface area contributed by atoms with Crippen LogP contribution in [-0.4, -0.2) is 24.8 Å². The molecule has 0 bridgehead atoms. The molecular weight excluding hydrogens is 306 g/mol. The molecule has 1 unspecified atom stereocenters. The SMILES string of the molecule is COc1ccc(SCCC(=O)N2c3ccccc3CC2C)cc1. The predicted octanol–water partition coefficient (Wildman–Crippen LogP) is 4.16. The number of para-hydroxylation sites is 1. The van der Waals surface area contributed by atoms with Gasteiger partial charge in [-0.05, 0) is 49.2 Å². The van der Waals surface area contributed by atoms with Gasteiger partial charge in [-0.2, -0.15) is 0 Å². The van der Waals surface area contributed by atoms with E-state index in [-0.39, 0.29) is 11.9 Å². The molecule has 0 aliphatic carbocycles. The zero-order valence-electron chi connectivity index (χ0n) is 13.5. The van der Waals surface area contributed by atoms with Crippen LogP contribution < -0.4 is 9.64 Å². The van der Waals surface area contributed by atoms with Crippen molar-refractivity contribution >= 4 is 23.4 Å². The minimum absolute atomic E-state index is 0.212. The van der Waals surface area contributed by atoms with Gasteiger partial charge in [0, 0.05) is 28.8 Å². The van der Waals surface area contributed by atoms with Crippen LogP contribution in [0.25, 0.3) is 0 Å². The van der Waals surface area contributed by atoms with Gasteiger partial charge < -0.3 is 9.64 Å². The lowest BCUT2D eigenvalue weighted by molar-refractivity contribution is -0.118. The van der Waals surface area contributed by atoms with E-state index in [1.165, 1.54) is 5.56 Å². The van der Waals surface area contributed by atoms with Gasteiger partial charge in [0.15, 0.2) is 0 Å². The van der Waals surface area contributed by atoms with Gasteiger partial charge in [-0.3, -0.25) is 4.79 Å². The predicted molar refractivity (Wildman–Crippen MR) is 95.4 cm³/mol. The van der Waals surface area contributed by atoms with Crippen molar-refractivity contribution in [3.8, 4) is 5.75 Å². The molecule has 1 aliphatic heterocycles. The second-order valence-corrected chi connectivity index (χ2v) is 6.89.